The van der Waals surface area contributed by atoms with Gasteiger partial charge in [-0.2, -0.15) is 9.84 Å². The summed E-state index contributed by atoms with van der Waals surface area (Å²) in [4.78, 5) is 16.4. The summed E-state index contributed by atoms with van der Waals surface area (Å²) < 4.78 is 2.22. The zero-order chi connectivity index (χ0) is 22.6. The zero-order valence-corrected chi connectivity index (χ0v) is 18.5. The average Bonchev–Trinajstić information content (AvgIpc) is 3.29. The molecular weight excluding hydrogens is 398 g/mol. The summed E-state index contributed by atoms with van der Waals surface area (Å²) in [7, 11) is 0. The second-order valence-electron chi connectivity index (χ2n) is 9.18. The maximum Gasteiger partial charge on any atom is 0.209 e. The first-order valence-electron chi connectivity index (χ1n) is 11.1. The third-order valence-corrected chi connectivity index (χ3v) is 6.92. The fourth-order valence-corrected chi connectivity index (χ4v) is 5.19. The van der Waals surface area contributed by atoms with E-state index in [1.54, 1.807) is 0 Å². The van der Waals surface area contributed by atoms with Crippen molar-refractivity contribution < 1.29 is 14.5 Å². The van der Waals surface area contributed by atoms with Crippen molar-refractivity contribution in [2.24, 2.45) is 0 Å². The third kappa shape index (κ3) is 2.80. The van der Waals surface area contributed by atoms with Gasteiger partial charge >= 0.3 is 0 Å². The van der Waals surface area contributed by atoms with E-state index in [1.165, 1.54) is 0 Å². The average molecular weight is 425 g/mol. The number of hydrogen-bond donors (Lipinski definition) is 2. The lowest BCUT2D eigenvalue weighted by molar-refractivity contribution is -0.437. The number of aromatic amines is 1. The molecule has 2 unspecified atom stereocenters. The van der Waals surface area contributed by atoms with Crippen LogP contribution < -0.4 is 0 Å². The molecule has 1 aromatic heterocycles. The van der Waals surface area contributed by atoms with Crippen LogP contribution in [0.2, 0.25) is 0 Å². The summed E-state index contributed by atoms with van der Waals surface area (Å²) in [6.45, 7) is 7.15. The summed E-state index contributed by atoms with van der Waals surface area (Å²) in [6.07, 6.45) is 3.83. The number of Topliss-reactive ketones (excluding diaryl/α,β-unsaturated/α-hetero) is 1. The molecule has 5 rings (SSSR count). The Hall–Kier alpha value is -3.49. The van der Waals surface area contributed by atoms with Gasteiger partial charge in [0, 0.05) is 46.8 Å². The van der Waals surface area contributed by atoms with E-state index in [4.69, 9.17) is 0 Å². The number of nitriles is 1. The van der Waals surface area contributed by atoms with Crippen LogP contribution in [0.3, 0.4) is 0 Å². The Labute approximate surface area is 187 Å². The number of ketones is 1. The molecule has 1 aliphatic heterocycles. The van der Waals surface area contributed by atoms with Crippen molar-refractivity contribution in [1.29, 1.82) is 5.26 Å². The van der Waals surface area contributed by atoms with Crippen LogP contribution in [0.4, 0.5) is 5.69 Å². The van der Waals surface area contributed by atoms with Gasteiger partial charge in [-0.3, -0.25) is 4.79 Å². The van der Waals surface area contributed by atoms with E-state index in [1.807, 2.05) is 54.7 Å². The maximum atomic E-state index is 13.2. The quantitative estimate of drug-likeness (QED) is 0.479. The number of carbonyl (C=O) groups excluding carboxylic acids is 1. The molecule has 32 heavy (non-hydrogen) atoms. The van der Waals surface area contributed by atoms with E-state index >= 15 is 0 Å². The van der Waals surface area contributed by atoms with E-state index < -0.39 is 12.0 Å². The monoisotopic (exact) mass is 424 g/mol. The van der Waals surface area contributed by atoms with E-state index in [0.29, 0.717) is 11.1 Å². The molecule has 1 aliphatic carbocycles. The molecule has 2 atom stereocenters. The molecule has 2 heterocycles. The standard InChI is InChI=1S/C27H25N3O2/c1-4-11-30-22-10-9-16(14-28)12-20(22)27(2,3)23(30)13-18-25(31)24(26(18)32)19-15-29-21-8-6-5-7-17(19)21/h5-10,12-13,15,24-25,31H,4,11H2,1-3H3/p+1. The molecule has 3 aromatic rings. The number of fused-ring (bicyclic) bond motifs is 2. The smallest absolute Gasteiger partial charge is 0.209 e. The SMILES string of the molecule is CCC[N+]1=C(C=C2C(=O)C(c3c[nH]c4ccccc34)C2O)C(C)(C)c2cc(C#N)ccc21. The van der Waals surface area contributed by atoms with Crippen LogP contribution in [0.15, 0.2) is 60.3 Å². The molecule has 2 aromatic carbocycles. The second-order valence-corrected chi connectivity index (χ2v) is 9.18. The number of aromatic nitrogens is 1. The molecule has 5 heteroatoms. The van der Waals surface area contributed by atoms with Gasteiger partial charge in [-0.05, 0) is 37.6 Å². The molecule has 2 aliphatic rings. The predicted molar refractivity (Wildman–Crippen MR) is 124 cm³/mol. The summed E-state index contributed by atoms with van der Waals surface area (Å²) in [6, 6.07) is 15.8. The fourth-order valence-electron chi connectivity index (χ4n) is 5.19. The number of rotatable bonds is 4. The van der Waals surface area contributed by atoms with Gasteiger partial charge in [0.25, 0.3) is 0 Å². The zero-order valence-electron chi connectivity index (χ0n) is 18.5. The van der Waals surface area contributed by atoms with Gasteiger partial charge in [-0.1, -0.05) is 25.1 Å². The van der Waals surface area contributed by atoms with Crippen LogP contribution in [0.1, 0.15) is 49.8 Å². The molecule has 5 nitrogen and oxygen atoms in total. The number of aliphatic hydroxyl groups is 1. The minimum absolute atomic E-state index is 0.0318. The van der Waals surface area contributed by atoms with Crippen LogP contribution in [0, 0.1) is 11.3 Å². The van der Waals surface area contributed by atoms with E-state index in [2.05, 4.69) is 36.4 Å². The van der Waals surface area contributed by atoms with Gasteiger partial charge in [0.2, 0.25) is 5.69 Å². The molecule has 1 saturated carbocycles. The molecular formula is C27H26N3O2+. The number of hydrogen-bond acceptors (Lipinski definition) is 3. The highest BCUT2D eigenvalue weighted by atomic mass is 16.3. The molecule has 0 bridgehead atoms. The number of allylic oxidation sites excluding steroid dienone is 1. The number of para-hydroxylation sites is 1. The van der Waals surface area contributed by atoms with Crippen LogP contribution in [-0.2, 0) is 10.2 Å². The molecule has 0 saturated heterocycles. The van der Waals surface area contributed by atoms with Crippen LogP contribution in [0.25, 0.3) is 10.9 Å². The number of nitrogens with one attached hydrogen (secondary N) is 1. The van der Waals surface area contributed by atoms with Crippen LogP contribution in [0.5, 0.6) is 0 Å². The Bertz CT molecular complexity index is 1370. The molecule has 160 valence electrons. The normalized spacial score (nSPS) is 22.8. The first kappa shape index (κ1) is 20.4. The van der Waals surface area contributed by atoms with Crippen molar-refractivity contribution in [3.8, 4) is 6.07 Å². The van der Waals surface area contributed by atoms with Crippen LogP contribution >= 0.6 is 0 Å². The molecule has 0 radical (unpaired) electrons. The minimum Gasteiger partial charge on any atom is -0.387 e. The summed E-state index contributed by atoms with van der Waals surface area (Å²) in [5, 5.41) is 21.4. The highest BCUT2D eigenvalue weighted by molar-refractivity contribution is 6.16. The van der Waals surface area contributed by atoms with Crippen molar-refractivity contribution >= 4 is 28.1 Å². The fraction of sp³-hybridized carbons (Fsp3) is 0.296. The Morgan fingerprint density at radius 2 is 2.03 bits per heavy atom. The van der Waals surface area contributed by atoms with Gasteiger partial charge in [-0.25, -0.2) is 0 Å². The van der Waals surface area contributed by atoms with Crippen molar-refractivity contribution in [3.05, 3.63) is 77.0 Å². The highest BCUT2D eigenvalue weighted by Crippen LogP contribution is 2.44. The maximum absolute atomic E-state index is 13.2. The highest BCUT2D eigenvalue weighted by Gasteiger charge is 2.50. The lowest BCUT2D eigenvalue weighted by Gasteiger charge is -2.34. The van der Waals surface area contributed by atoms with E-state index in [9.17, 15) is 15.2 Å². The molecule has 0 spiro atoms. The lowest BCUT2D eigenvalue weighted by atomic mass is 9.69. The number of nitrogens with zero attached hydrogens (tertiary/aromatic N) is 2. The predicted octanol–water partition coefficient (Wildman–Crippen LogP) is 4.48. The van der Waals surface area contributed by atoms with Crippen molar-refractivity contribution in [3.63, 3.8) is 0 Å². The third-order valence-electron chi connectivity index (χ3n) is 6.92. The Balaban J connectivity index is 1.56. The topological polar surface area (TPSA) is 79.9 Å². The number of H-pyrrole nitrogens is 1. The minimum atomic E-state index is -0.841. The van der Waals surface area contributed by atoms with Gasteiger partial charge in [0.15, 0.2) is 11.5 Å². The number of carbonyl (C=O) groups is 1. The first-order chi connectivity index (χ1) is 15.4. The molecule has 2 N–H and O–H groups in total. The summed E-state index contributed by atoms with van der Waals surface area (Å²) in [5.74, 6) is -0.578. The van der Waals surface area contributed by atoms with Gasteiger partial charge in [-0.15, -0.1) is 0 Å². The van der Waals surface area contributed by atoms with Crippen molar-refractivity contribution in [1.82, 2.24) is 4.98 Å². The Kier molecular flexibility index (Phi) is 4.65. The number of benzene rings is 2. The largest absolute Gasteiger partial charge is 0.387 e. The van der Waals surface area contributed by atoms with Gasteiger partial charge < -0.3 is 10.1 Å². The van der Waals surface area contributed by atoms with Crippen molar-refractivity contribution in [2.45, 2.75) is 44.6 Å². The first-order valence-corrected chi connectivity index (χ1v) is 11.1. The Morgan fingerprint density at radius 3 is 2.75 bits per heavy atom. The van der Waals surface area contributed by atoms with Crippen LogP contribution in [-0.4, -0.2) is 38.8 Å². The van der Waals surface area contributed by atoms with E-state index in [-0.39, 0.29) is 11.2 Å². The Morgan fingerprint density at radius 1 is 1.25 bits per heavy atom. The molecule has 1 fully saturated rings. The summed E-state index contributed by atoms with van der Waals surface area (Å²) in [5.41, 5.74) is 5.64. The second kappa shape index (κ2) is 7.29. The van der Waals surface area contributed by atoms with E-state index in [0.717, 1.165) is 46.4 Å². The lowest BCUT2D eigenvalue weighted by Crippen LogP contribution is -2.44. The van der Waals surface area contributed by atoms with Gasteiger partial charge in [0.05, 0.1) is 29.1 Å². The number of aliphatic hydroxyl groups excluding tert-OH is 1. The van der Waals surface area contributed by atoms with Gasteiger partial charge in [0.1, 0.15) is 6.54 Å². The summed E-state index contributed by atoms with van der Waals surface area (Å²) >= 11 is 0. The van der Waals surface area contributed by atoms with Crippen molar-refractivity contribution in [2.75, 3.05) is 6.54 Å². The molecule has 0 amide bonds.